The van der Waals surface area contributed by atoms with Gasteiger partial charge in [-0.2, -0.15) is 4.98 Å². The van der Waals surface area contributed by atoms with Crippen molar-refractivity contribution in [2.24, 2.45) is 0 Å². The molecule has 160 valence electrons. The Bertz CT molecular complexity index is 1110. The average Bonchev–Trinajstić information content (AvgIpc) is 2.77. The number of aromatic nitrogens is 2. The van der Waals surface area contributed by atoms with Gasteiger partial charge in [0, 0.05) is 56.6 Å². The number of benzene rings is 2. The minimum atomic E-state index is -0.316. The molecule has 31 heavy (non-hydrogen) atoms. The summed E-state index contributed by atoms with van der Waals surface area (Å²) >= 11 is 0. The van der Waals surface area contributed by atoms with Crippen LogP contribution in [0.4, 0.5) is 16.2 Å². The van der Waals surface area contributed by atoms with E-state index < -0.39 is 0 Å². The van der Waals surface area contributed by atoms with Crippen LogP contribution in [0.1, 0.15) is 32.7 Å². The highest BCUT2D eigenvalue weighted by atomic mass is 19.1. The van der Waals surface area contributed by atoms with Crippen molar-refractivity contribution in [3.63, 3.8) is 0 Å². The standard InChI is InChI=1S/C24H26FN5O/c1-16-12-22(29(2)3)28-24(27-16)30-11-10-17-13-18(8-9-20(17)15-30)23(31)26-14-19-6-4-5-7-21(19)25/h4-9,12-13H,10-11,14-15H2,1-3H3,(H,26,31). The Balaban J connectivity index is 1.46. The van der Waals surface area contributed by atoms with Gasteiger partial charge in [-0.15, -0.1) is 0 Å². The number of nitrogens with one attached hydrogen (secondary N) is 1. The Morgan fingerprint density at radius 1 is 1.13 bits per heavy atom. The van der Waals surface area contributed by atoms with Gasteiger partial charge < -0.3 is 15.1 Å². The summed E-state index contributed by atoms with van der Waals surface area (Å²) < 4.78 is 13.8. The molecule has 1 amide bonds. The van der Waals surface area contributed by atoms with Gasteiger partial charge in [0.05, 0.1) is 0 Å². The number of rotatable bonds is 5. The average molecular weight is 420 g/mol. The summed E-state index contributed by atoms with van der Waals surface area (Å²) in [5.41, 5.74) is 4.30. The molecular weight excluding hydrogens is 393 g/mol. The first-order valence-electron chi connectivity index (χ1n) is 10.3. The van der Waals surface area contributed by atoms with Crippen molar-refractivity contribution in [3.8, 4) is 0 Å². The maximum atomic E-state index is 13.8. The molecule has 0 bridgehead atoms. The number of carbonyl (C=O) groups is 1. The van der Waals surface area contributed by atoms with Crippen molar-refractivity contribution in [3.05, 3.63) is 82.3 Å². The molecule has 0 saturated heterocycles. The number of hydrogen-bond donors (Lipinski definition) is 1. The zero-order chi connectivity index (χ0) is 22.0. The first-order chi connectivity index (χ1) is 14.9. The smallest absolute Gasteiger partial charge is 0.251 e. The maximum absolute atomic E-state index is 13.8. The summed E-state index contributed by atoms with van der Waals surface area (Å²) in [7, 11) is 3.94. The molecule has 0 aliphatic carbocycles. The van der Waals surface area contributed by atoms with E-state index in [2.05, 4.69) is 20.2 Å². The lowest BCUT2D eigenvalue weighted by molar-refractivity contribution is 0.0950. The third-order valence-electron chi connectivity index (χ3n) is 5.45. The number of anilines is 2. The molecule has 0 unspecified atom stereocenters. The van der Waals surface area contributed by atoms with Crippen molar-refractivity contribution in [2.45, 2.75) is 26.4 Å². The highest BCUT2D eigenvalue weighted by Gasteiger charge is 2.21. The van der Waals surface area contributed by atoms with Crippen molar-refractivity contribution in [1.82, 2.24) is 15.3 Å². The van der Waals surface area contributed by atoms with E-state index in [9.17, 15) is 9.18 Å². The van der Waals surface area contributed by atoms with E-state index in [1.54, 1.807) is 18.2 Å². The van der Waals surface area contributed by atoms with Crippen molar-refractivity contribution < 1.29 is 9.18 Å². The molecule has 3 aromatic rings. The molecule has 0 radical (unpaired) electrons. The number of hydrogen-bond acceptors (Lipinski definition) is 5. The van der Waals surface area contributed by atoms with Gasteiger partial charge in [0.2, 0.25) is 5.95 Å². The fourth-order valence-corrected chi connectivity index (χ4v) is 3.69. The highest BCUT2D eigenvalue weighted by molar-refractivity contribution is 5.94. The molecule has 0 fully saturated rings. The van der Waals surface area contributed by atoms with Crippen LogP contribution in [0.3, 0.4) is 0 Å². The maximum Gasteiger partial charge on any atom is 0.251 e. The molecule has 2 heterocycles. The summed E-state index contributed by atoms with van der Waals surface area (Å²) in [5, 5.41) is 2.81. The summed E-state index contributed by atoms with van der Waals surface area (Å²) in [6.07, 6.45) is 0.804. The van der Waals surface area contributed by atoms with Crippen molar-refractivity contribution in [2.75, 3.05) is 30.4 Å². The first kappa shape index (κ1) is 20.8. The van der Waals surface area contributed by atoms with E-state index in [0.29, 0.717) is 17.7 Å². The zero-order valence-corrected chi connectivity index (χ0v) is 18.0. The Morgan fingerprint density at radius 3 is 2.71 bits per heavy atom. The number of fused-ring (bicyclic) bond motifs is 1. The molecule has 6 nitrogen and oxygen atoms in total. The van der Waals surface area contributed by atoms with Gasteiger partial charge in [-0.1, -0.05) is 24.3 Å². The van der Waals surface area contributed by atoms with Crippen molar-refractivity contribution >= 4 is 17.7 Å². The largest absolute Gasteiger partial charge is 0.363 e. The fourth-order valence-electron chi connectivity index (χ4n) is 3.69. The quantitative estimate of drug-likeness (QED) is 0.686. The van der Waals surface area contributed by atoms with Gasteiger partial charge in [0.25, 0.3) is 5.91 Å². The molecule has 1 aromatic heterocycles. The summed E-state index contributed by atoms with van der Waals surface area (Å²) in [6.45, 7) is 3.62. The van der Waals surface area contributed by atoms with Gasteiger partial charge >= 0.3 is 0 Å². The normalized spacial score (nSPS) is 13.0. The molecule has 4 rings (SSSR count). The Kier molecular flexibility index (Phi) is 5.84. The Hall–Kier alpha value is -3.48. The lowest BCUT2D eigenvalue weighted by Gasteiger charge is -2.30. The van der Waals surface area contributed by atoms with E-state index in [1.807, 2.05) is 50.2 Å². The van der Waals surface area contributed by atoms with E-state index in [4.69, 9.17) is 0 Å². The summed E-state index contributed by atoms with van der Waals surface area (Å²) in [6, 6.07) is 14.2. The molecule has 0 spiro atoms. The first-order valence-corrected chi connectivity index (χ1v) is 10.3. The van der Waals surface area contributed by atoms with Crippen LogP contribution in [0.15, 0.2) is 48.5 Å². The summed E-state index contributed by atoms with van der Waals surface area (Å²) in [5.74, 6) is 1.09. The molecule has 7 heteroatoms. The van der Waals surface area contributed by atoms with Crippen LogP contribution in [0.2, 0.25) is 0 Å². The van der Waals surface area contributed by atoms with Crippen molar-refractivity contribution in [1.29, 1.82) is 0 Å². The van der Waals surface area contributed by atoms with E-state index in [-0.39, 0.29) is 18.3 Å². The lowest BCUT2D eigenvalue weighted by atomic mass is 9.97. The molecule has 1 aliphatic heterocycles. The van der Waals surface area contributed by atoms with Gasteiger partial charge in [-0.25, -0.2) is 9.37 Å². The Labute approximate surface area is 181 Å². The minimum absolute atomic E-state index is 0.162. The molecular formula is C24H26FN5O. The van der Waals surface area contributed by atoms with Crippen LogP contribution >= 0.6 is 0 Å². The molecule has 2 aromatic carbocycles. The van der Waals surface area contributed by atoms with Gasteiger partial charge in [-0.3, -0.25) is 4.79 Å². The third kappa shape index (κ3) is 4.66. The second-order valence-electron chi connectivity index (χ2n) is 7.99. The Morgan fingerprint density at radius 2 is 1.94 bits per heavy atom. The second-order valence-corrected chi connectivity index (χ2v) is 7.99. The molecule has 0 atom stereocenters. The van der Waals surface area contributed by atoms with E-state index in [1.165, 1.54) is 6.07 Å². The van der Waals surface area contributed by atoms with Gasteiger partial charge in [-0.05, 0) is 42.7 Å². The van der Waals surface area contributed by atoms with Crippen LogP contribution in [-0.2, 0) is 19.5 Å². The van der Waals surface area contributed by atoms with Gasteiger partial charge in [0.15, 0.2) is 0 Å². The van der Waals surface area contributed by atoms with E-state index in [0.717, 1.165) is 41.6 Å². The highest BCUT2D eigenvalue weighted by Crippen LogP contribution is 2.25. The SMILES string of the molecule is Cc1cc(N(C)C)nc(N2CCc3cc(C(=O)NCc4ccccc4F)ccc3C2)n1. The molecule has 1 N–H and O–H groups in total. The molecule has 0 saturated carbocycles. The monoisotopic (exact) mass is 419 g/mol. The minimum Gasteiger partial charge on any atom is -0.363 e. The number of halogens is 1. The van der Waals surface area contributed by atoms with Crippen LogP contribution in [0.5, 0.6) is 0 Å². The van der Waals surface area contributed by atoms with Gasteiger partial charge in [0.1, 0.15) is 11.6 Å². The van der Waals surface area contributed by atoms with E-state index >= 15 is 0 Å². The second kappa shape index (κ2) is 8.71. The molecule has 1 aliphatic rings. The predicted octanol–water partition coefficient (Wildman–Crippen LogP) is 3.48. The number of nitrogens with zero attached hydrogens (tertiary/aromatic N) is 4. The third-order valence-corrected chi connectivity index (χ3v) is 5.45. The topological polar surface area (TPSA) is 61.4 Å². The van der Waals surface area contributed by atoms with Crippen LogP contribution in [-0.4, -0.2) is 36.5 Å². The lowest BCUT2D eigenvalue weighted by Crippen LogP contribution is -2.32. The number of aryl methyl sites for hydroxylation is 1. The van der Waals surface area contributed by atoms with Crippen LogP contribution < -0.4 is 15.1 Å². The van der Waals surface area contributed by atoms with Crippen LogP contribution in [0.25, 0.3) is 0 Å². The zero-order valence-electron chi connectivity index (χ0n) is 18.0. The number of amides is 1. The number of carbonyl (C=O) groups excluding carboxylic acids is 1. The van der Waals surface area contributed by atoms with Crippen LogP contribution in [0, 0.1) is 12.7 Å². The fraction of sp³-hybridized carbons (Fsp3) is 0.292. The predicted molar refractivity (Wildman–Crippen MR) is 120 cm³/mol. The summed E-state index contributed by atoms with van der Waals surface area (Å²) in [4.78, 5) is 26.0.